The zero-order valence-electron chi connectivity index (χ0n) is 14.1. The summed E-state index contributed by atoms with van der Waals surface area (Å²) in [7, 11) is 0. The lowest BCUT2D eigenvalue weighted by Gasteiger charge is -2.10. The molecule has 0 spiro atoms. The Morgan fingerprint density at radius 2 is 1.80 bits per heavy atom. The molecule has 0 atom stereocenters. The molecule has 0 aliphatic carbocycles. The van der Waals surface area contributed by atoms with Crippen LogP contribution in [0.1, 0.15) is 21.6 Å². The highest BCUT2D eigenvalue weighted by molar-refractivity contribution is 6.12. The fraction of sp³-hybridized carbons (Fsp3) is 0.0952. The topological polar surface area (TPSA) is 54.9 Å². The minimum absolute atomic E-state index is 0.154. The van der Waals surface area contributed by atoms with E-state index in [-0.39, 0.29) is 5.91 Å². The minimum atomic E-state index is -0.154. The van der Waals surface area contributed by atoms with Gasteiger partial charge in [-0.25, -0.2) is 0 Å². The number of fused-ring (bicyclic) bond motifs is 2. The number of hydrogen-bond donors (Lipinski definition) is 1. The summed E-state index contributed by atoms with van der Waals surface area (Å²) in [6, 6.07) is 17.5. The molecule has 0 saturated carbocycles. The van der Waals surface area contributed by atoms with Crippen molar-refractivity contribution in [1.82, 2.24) is 9.97 Å². The van der Waals surface area contributed by atoms with Crippen molar-refractivity contribution in [3.63, 3.8) is 0 Å². The van der Waals surface area contributed by atoms with E-state index in [1.165, 1.54) is 0 Å². The Kier molecular flexibility index (Phi) is 3.65. The standard InChI is InChI=1S/C21H17N3O/c1-13-7-8-20-17(9-13)18(10-14(2)23-20)21(25)24-16-11-15-5-3-4-6-19(15)22-12-16/h3-12H,1-2H3,(H,24,25). The molecule has 4 nitrogen and oxygen atoms in total. The molecule has 0 unspecified atom stereocenters. The smallest absolute Gasteiger partial charge is 0.256 e. The summed E-state index contributed by atoms with van der Waals surface area (Å²) in [4.78, 5) is 21.8. The first-order valence-electron chi connectivity index (χ1n) is 8.14. The molecule has 4 aromatic rings. The molecule has 1 N–H and O–H groups in total. The van der Waals surface area contributed by atoms with Gasteiger partial charge in [-0.1, -0.05) is 29.8 Å². The van der Waals surface area contributed by atoms with E-state index in [2.05, 4.69) is 15.3 Å². The summed E-state index contributed by atoms with van der Waals surface area (Å²) < 4.78 is 0. The fourth-order valence-corrected chi connectivity index (χ4v) is 3.00. The molecule has 0 fully saturated rings. The SMILES string of the molecule is Cc1ccc2nc(C)cc(C(=O)Nc3cnc4ccccc4c3)c2c1. The van der Waals surface area contributed by atoms with Crippen LogP contribution >= 0.6 is 0 Å². The first-order chi connectivity index (χ1) is 12.1. The van der Waals surface area contributed by atoms with Gasteiger partial charge < -0.3 is 5.32 Å². The molecule has 2 heterocycles. The highest BCUT2D eigenvalue weighted by atomic mass is 16.1. The van der Waals surface area contributed by atoms with Crippen LogP contribution in [0.15, 0.2) is 60.8 Å². The summed E-state index contributed by atoms with van der Waals surface area (Å²) in [5.74, 6) is -0.154. The number of para-hydroxylation sites is 1. The van der Waals surface area contributed by atoms with Crippen LogP contribution in [-0.2, 0) is 0 Å². The molecule has 0 aliphatic rings. The van der Waals surface area contributed by atoms with Crippen molar-refractivity contribution in [2.45, 2.75) is 13.8 Å². The molecule has 122 valence electrons. The Morgan fingerprint density at radius 1 is 0.960 bits per heavy atom. The van der Waals surface area contributed by atoms with Crippen molar-refractivity contribution in [2.24, 2.45) is 0 Å². The second kappa shape index (κ2) is 5.98. The number of carbonyl (C=O) groups excluding carboxylic acids is 1. The van der Waals surface area contributed by atoms with Gasteiger partial charge in [0.25, 0.3) is 5.91 Å². The average molecular weight is 327 g/mol. The number of aryl methyl sites for hydroxylation is 2. The van der Waals surface area contributed by atoms with Gasteiger partial charge in [0.2, 0.25) is 0 Å². The molecule has 2 aromatic carbocycles. The van der Waals surface area contributed by atoms with Crippen LogP contribution in [0.4, 0.5) is 5.69 Å². The highest BCUT2D eigenvalue weighted by Gasteiger charge is 2.13. The van der Waals surface area contributed by atoms with Crippen LogP contribution in [0.25, 0.3) is 21.8 Å². The van der Waals surface area contributed by atoms with Gasteiger partial charge in [0.1, 0.15) is 0 Å². The Hall–Kier alpha value is -3.27. The molecular weight excluding hydrogens is 310 g/mol. The second-order valence-electron chi connectivity index (χ2n) is 6.20. The van der Waals surface area contributed by atoms with E-state index in [0.717, 1.165) is 33.1 Å². The summed E-state index contributed by atoms with van der Waals surface area (Å²) in [6.45, 7) is 3.90. The van der Waals surface area contributed by atoms with Crippen molar-refractivity contribution in [3.05, 3.63) is 77.6 Å². The summed E-state index contributed by atoms with van der Waals surface area (Å²) in [5.41, 5.74) is 4.95. The summed E-state index contributed by atoms with van der Waals surface area (Å²) in [5, 5.41) is 4.81. The molecule has 0 bridgehead atoms. The van der Waals surface area contributed by atoms with Gasteiger partial charge in [-0.05, 0) is 44.2 Å². The largest absolute Gasteiger partial charge is 0.321 e. The molecular formula is C21H17N3O. The van der Waals surface area contributed by atoms with Gasteiger partial charge in [0.05, 0.1) is 28.5 Å². The maximum Gasteiger partial charge on any atom is 0.256 e. The Bertz CT molecular complexity index is 1120. The fourth-order valence-electron chi connectivity index (χ4n) is 3.00. The number of rotatable bonds is 2. The van der Waals surface area contributed by atoms with Crippen LogP contribution in [0.3, 0.4) is 0 Å². The lowest BCUT2D eigenvalue weighted by molar-refractivity contribution is 0.102. The minimum Gasteiger partial charge on any atom is -0.321 e. The van der Waals surface area contributed by atoms with E-state index in [9.17, 15) is 4.79 Å². The average Bonchev–Trinajstić information content (AvgIpc) is 2.61. The Labute approximate surface area is 145 Å². The maximum absolute atomic E-state index is 12.9. The molecule has 25 heavy (non-hydrogen) atoms. The number of amides is 1. The molecule has 0 radical (unpaired) electrons. The maximum atomic E-state index is 12.9. The first kappa shape index (κ1) is 15.3. The Balaban J connectivity index is 1.75. The van der Waals surface area contributed by atoms with Crippen LogP contribution in [0.5, 0.6) is 0 Å². The lowest BCUT2D eigenvalue weighted by Crippen LogP contribution is -2.13. The van der Waals surface area contributed by atoms with Crippen LogP contribution in [0, 0.1) is 13.8 Å². The van der Waals surface area contributed by atoms with Gasteiger partial charge in [-0.2, -0.15) is 0 Å². The number of hydrogen-bond acceptors (Lipinski definition) is 3. The third kappa shape index (κ3) is 2.94. The predicted molar refractivity (Wildman–Crippen MR) is 101 cm³/mol. The normalized spacial score (nSPS) is 11.0. The van der Waals surface area contributed by atoms with E-state index >= 15 is 0 Å². The van der Waals surface area contributed by atoms with Crippen LogP contribution in [-0.4, -0.2) is 15.9 Å². The molecule has 0 aliphatic heterocycles. The van der Waals surface area contributed by atoms with Gasteiger partial charge in [0, 0.05) is 16.5 Å². The van der Waals surface area contributed by atoms with Crippen molar-refractivity contribution < 1.29 is 4.79 Å². The van der Waals surface area contributed by atoms with Crippen molar-refractivity contribution in [2.75, 3.05) is 5.32 Å². The van der Waals surface area contributed by atoms with Gasteiger partial charge in [-0.3, -0.25) is 14.8 Å². The number of nitrogens with one attached hydrogen (secondary N) is 1. The predicted octanol–water partition coefficient (Wildman–Crippen LogP) is 4.65. The first-order valence-corrected chi connectivity index (χ1v) is 8.14. The van der Waals surface area contributed by atoms with E-state index in [1.54, 1.807) is 6.20 Å². The van der Waals surface area contributed by atoms with Gasteiger partial charge in [-0.15, -0.1) is 0 Å². The molecule has 0 saturated heterocycles. The van der Waals surface area contributed by atoms with E-state index < -0.39 is 0 Å². The third-order valence-electron chi connectivity index (χ3n) is 4.19. The quantitative estimate of drug-likeness (QED) is 0.583. The number of pyridine rings is 2. The third-order valence-corrected chi connectivity index (χ3v) is 4.19. The van der Waals surface area contributed by atoms with Crippen molar-refractivity contribution in [3.8, 4) is 0 Å². The van der Waals surface area contributed by atoms with Crippen molar-refractivity contribution >= 4 is 33.4 Å². The summed E-state index contributed by atoms with van der Waals surface area (Å²) >= 11 is 0. The van der Waals surface area contributed by atoms with E-state index in [0.29, 0.717) is 11.3 Å². The Morgan fingerprint density at radius 3 is 2.68 bits per heavy atom. The zero-order valence-corrected chi connectivity index (χ0v) is 14.1. The number of anilines is 1. The zero-order chi connectivity index (χ0) is 17.4. The van der Waals surface area contributed by atoms with E-state index in [4.69, 9.17) is 0 Å². The summed E-state index contributed by atoms with van der Waals surface area (Å²) in [6.07, 6.45) is 1.68. The van der Waals surface area contributed by atoms with Crippen molar-refractivity contribution in [1.29, 1.82) is 0 Å². The monoisotopic (exact) mass is 327 g/mol. The molecule has 1 amide bonds. The highest BCUT2D eigenvalue weighted by Crippen LogP contribution is 2.22. The number of benzene rings is 2. The molecule has 4 heteroatoms. The van der Waals surface area contributed by atoms with Gasteiger partial charge >= 0.3 is 0 Å². The van der Waals surface area contributed by atoms with Crippen LogP contribution < -0.4 is 5.32 Å². The molecule has 2 aromatic heterocycles. The van der Waals surface area contributed by atoms with Gasteiger partial charge in [0.15, 0.2) is 0 Å². The van der Waals surface area contributed by atoms with E-state index in [1.807, 2.05) is 68.4 Å². The second-order valence-corrected chi connectivity index (χ2v) is 6.20. The lowest BCUT2D eigenvalue weighted by atomic mass is 10.0. The molecule has 4 rings (SSSR count). The number of carbonyl (C=O) groups is 1. The number of nitrogens with zero attached hydrogens (tertiary/aromatic N) is 2. The van der Waals surface area contributed by atoms with Crippen LogP contribution in [0.2, 0.25) is 0 Å². The number of aromatic nitrogens is 2.